The molecule has 2 heterocycles. The van der Waals surface area contributed by atoms with Crippen molar-refractivity contribution < 1.29 is 9.59 Å². The quantitative estimate of drug-likeness (QED) is 0.692. The van der Waals surface area contributed by atoms with Gasteiger partial charge in [-0.2, -0.15) is 5.10 Å². The van der Waals surface area contributed by atoms with E-state index < -0.39 is 11.5 Å². The predicted molar refractivity (Wildman–Crippen MR) is 98.2 cm³/mol. The van der Waals surface area contributed by atoms with Crippen LogP contribution in [0.2, 0.25) is 0 Å². The first-order valence-corrected chi connectivity index (χ1v) is 8.57. The standard InChI is InChI=1S/C18H23N5O3/c1-4-12-13(5-2)22-23-18(26)16(12)17(25)19-9-8-15(24)21-14-7-6-11(3)10-20-14/h6-7,10H,4-5,8-9H2,1-3H3,(H,19,25)(H,23,26)(H,20,21,24). The maximum atomic E-state index is 12.4. The van der Waals surface area contributed by atoms with Crippen molar-refractivity contribution in [3.63, 3.8) is 0 Å². The molecule has 8 nitrogen and oxygen atoms in total. The van der Waals surface area contributed by atoms with Crippen LogP contribution in [0.25, 0.3) is 0 Å². The Morgan fingerprint density at radius 2 is 1.96 bits per heavy atom. The molecular formula is C18H23N5O3. The molecule has 0 saturated heterocycles. The number of nitrogens with one attached hydrogen (secondary N) is 3. The number of rotatable bonds is 7. The van der Waals surface area contributed by atoms with Crippen molar-refractivity contribution in [1.29, 1.82) is 0 Å². The second-order valence-electron chi connectivity index (χ2n) is 5.83. The number of hydrogen-bond acceptors (Lipinski definition) is 5. The zero-order valence-electron chi connectivity index (χ0n) is 15.2. The molecule has 0 spiro atoms. The normalized spacial score (nSPS) is 10.4. The van der Waals surface area contributed by atoms with Gasteiger partial charge in [-0.1, -0.05) is 19.9 Å². The van der Waals surface area contributed by atoms with Crippen molar-refractivity contribution in [2.24, 2.45) is 0 Å². The fourth-order valence-corrected chi connectivity index (χ4v) is 2.56. The molecule has 0 aliphatic carbocycles. The first kappa shape index (κ1) is 19.3. The molecule has 3 N–H and O–H groups in total. The number of hydrogen-bond donors (Lipinski definition) is 3. The first-order valence-electron chi connectivity index (χ1n) is 8.57. The topological polar surface area (TPSA) is 117 Å². The zero-order valence-corrected chi connectivity index (χ0v) is 15.2. The Morgan fingerprint density at radius 3 is 2.58 bits per heavy atom. The van der Waals surface area contributed by atoms with Gasteiger partial charge in [-0.3, -0.25) is 14.4 Å². The molecule has 8 heteroatoms. The molecule has 2 aromatic heterocycles. The van der Waals surface area contributed by atoms with E-state index in [1.165, 1.54) is 0 Å². The van der Waals surface area contributed by atoms with Gasteiger partial charge in [0.05, 0.1) is 5.69 Å². The summed E-state index contributed by atoms with van der Waals surface area (Å²) in [5, 5.41) is 11.6. The summed E-state index contributed by atoms with van der Waals surface area (Å²) in [6.45, 7) is 5.80. The monoisotopic (exact) mass is 357 g/mol. The van der Waals surface area contributed by atoms with Gasteiger partial charge in [-0.15, -0.1) is 0 Å². The minimum absolute atomic E-state index is 0.0694. The van der Waals surface area contributed by atoms with Crippen LogP contribution >= 0.6 is 0 Å². The maximum absolute atomic E-state index is 12.4. The second-order valence-corrected chi connectivity index (χ2v) is 5.83. The number of anilines is 1. The van der Waals surface area contributed by atoms with E-state index in [9.17, 15) is 14.4 Å². The van der Waals surface area contributed by atoms with E-state index in [1.807, 2.05) is 26.8 Å². The van der Waals surface area contributed by atoms with Gasteiger partial charge in [0, 0.05) is 19.2 Å². The van der Waals surface area contributed by atoms with E-state index >= 15 is 0 Å². The Labute approximate surface area is 151 Å². The highest BCUT2D eigenvalue weighted by molar-refractivity contribution is 5.96. The van der Waals surface area contributed by atoms with Gasteiger partial charge in [0.2, 0.25) is 5.91 Å². The van der Waals surface area contributed by atoms with Crippen LogP contribution in [0.1, 0.15) is 47.4 Å². The third kappa shape index (κ3) is 4.75. The predicted octanol–water partition coefficient (Wildman–Crippen LogP) is 1.36. The largest absolute Gasteiger partial charge is 0.351 e. The smallest absolute Gasteiger partial charge is 0.277 e. The van der Waals surface area contributed by atoms with Gasteiger partial charge in [0.1, 0.15) is 11.4 Å². The van der Waals surface area contributed by atoms with Gasteiger partial charge in [0.25, 0.3) is 11.5 Å². The van der Waals surface area contributed by atoms with Crippen LogP contribution in [0.4, 0.5) is 5.82 Å². The lowest BCUT2D eigenvalue weighted by Crippen LogP contribution is -2.34. The van der Waals surface area contributed by atoms with Gasteiger partial charge >= 0.3 is 0 Å². The Hall–Kier alpha value is -3.03. The van der Waals surface area contributed by atoms with E-state index in [2.05, 4.69) is 25.8 Å². The van der Waals surface area contributed by atoms with Gasteiger partial charge in [0.15, 0.2) is 0 Å². The van der Waals surface area contributed by atoms with Crippen LogP contribution in [0.15, 0.2) is 23.1 Å². The van der Waals surface area contributed by atoms with Crippen molar-refractivity contribution in [3.05, 3.63) is 51.1 Å². The minimum Gasteiger partial charge on any atom is -0.351 e. The lowest BCUT2D eigenvalue weighted by atomic mass is 10.0. The lowest BCUT2D eigenvalue weighted by Gasteiger charge is -2.11. The third-order valence-corrected chi connectivity index (χ3v) is 3.90. The molecule has 0 aliphatic rings. The number of pyridine rings is 1. The van der Waals surface area contributed by atoms with Crippen LogP contribution in [-0.4, -0.2) is 33.5 Å². The van der Waals surface area contributed by atoms with Crippen molar-refractivity contribution in [2.45, 2.75) is 40.0 Å². The first-order chi connectivity index (χ1) is 12.5. The number of aryl methyl sites for hydroxylation is 2. The summed E-state index contributed by atoms with van der Waals surface area (Å²) in [6.07, 6.45) is 2.88. The van der Waals surface area contributed by atoms with E-state index in [-0.39, 0.29) is 24.4 Å². The van der Waals surface area contributed by atoms with E-state index in [4.69, 9.17) is 0 Å². The second kappa shape index (κ2) is 8.89. The lowest BCUT2D eigenvalue weighted by molar-refractivity contribution is -0.116. The average molecular weight is 357 g/mol. The highest BCUT2D eigenvalue weighted by Crippen LogP contribution is 2.10. The maximum Gasteiger partial charge on any atom is 0.277 e. The molecule has 0 bridgehead atoms. The fraction of sp³-hybridized carbons (Fsp3) is 0.389. The Bertz CT molecular complexity index is 843. The van der Waals surface area contributed by atoms with E-state index in [0.717, 1.165) is 5.56 Å². The van der Waals surface area contributed by atoms with Crippen molar-refractivity contribution >= 4 is 17.6 Å². The number of carbonyl (C=O) groups is 2. The number of aromatic nitrogens is 3. The molecule has 2 aromatic rings. The van der Waals surface area contributed by atoms with Gasteiger partial charge in [-0.05, 0) is 37.0 Å². The number of amides is 2. The summed E-state index contributed by atoms with van der Waals surface area (Å²) in [5.74, 6) is -0.310. The average Bonchev–Trinajstić information content (AvgIpc) is 2.63. The number of aromatic amines is 1. The molecule has 0 radical (unpaired) electrons. The molecule has 0 aliphatic heterocycles. The molecule has 0 atom stereocenters. The van der Waals surface area contributed by atoms with Crippen LogP contribution < -0.4 is 16.2 Å². The molecule has 2 rings (SSSR count). The molecule has 0 aromatic carbocycles. The summed E-state index contributed by atoms with van der Waals surface area (Å²) in [6, 6.07) is 3.56. The van der Waals surface area contributed by atoms with E-state index in [0.29, 0.717) is 29.9 Å². The highest BCUT2D eigenvalue weighted by atomic mass is 16.2. The summed E-state index contributed by atoms with van der Waals surface area (Å²) in [7, 11) is 0. The molecule has 0 fully saturated rings. The molecular weight excluding hydrogens is 334 g/mol. The molecule has 0 unspecified atom stereocenters. The Morgan fingerprint density at radius 1 is 1.19 bits per heavy atom. The summed E-state index contributed by atoms with van der Waals surface area (Å²) < 4.78 is 0. The zero-order chi connectivity index (χ0) is 19.1. The van der Waals surface area contributed by atoms with Crippen molar-refractivity contribution in [2.75, 3.05) is 11.9 Å². The van der Waals surface area contributed by atoms with Gasteiger partial charge in [-0.25, -0.2) is 10.1 Å². The van der Waals surface area contributed by atoms with Crippen molar-refractivity contribution in [3.8, 4) is 0 Å². The molecule has 0 saturated carbocycles. The van der Waals surface area contributed by atoms with Crippen molar-refractivity contribution in [1.82, 2.24) is 20.5 Å². The fourth-order valence-electron chi connectivity index (χ4n) is 2.56. The van der Waals surface area contributed by atoms with Crippen LogP contribution in [-0.2, 0) is 17.6 Å². The van der Waals surface area contributed by atoms with E-state index in [1.54, 1.807) is 12.3 Å². The van der Waals surface area contributed by atoms with Gasteiger partial charge < -0.3 is 10.6 Å². The molecule has 26 heavy (non-hydrogen) atoms. The van der Waals surface area contributed by atoms with Crippen LogP contribution in [0, 0.1) is 6.92 Å². The summed E-state index contributed by atoms with van der Waals surface area (Å²) in [5.41, 5.74) is 1.88. The number of H-pyrrole nitrogens is 1. The number of nitrogens with zero attached hydrogens (tertiary/aromatic N) is 2. The SMILES string of the molecule is CCc1n[nH]c(=O)c(C(=O)NCCC(=O)Nc2ccc(C)cn2)c1CC. The van der Waals surface area contributed by atoms with Crippen LogP contribution in [0.5, 0.6) is 0 Å². The summed E-state index contributed by atoms with van der Waals surface area (Å²) >= 11 is 0. The molecule has 138 valence electrons. The third-order valence-electron chi connectivity index (χ3n) is 3.90. The Kier molecular flexibility index (Phi) is 6.60. The number of carbonyl (C=O) groups excluding carboxylic acids is 2. The summed E-state index contributed by atoms with van der Waals surface area (Å²) in [4.78, 5) is 40.4. The Balaban J connectivity index is 1.95. The van der Waals surface area contributed by atoms with Crippen LogP contribution in [0.3, 0.4) is 0 Å². The molecule has 2 amide bonds. The highest BCUT2D eigenvalue weighted by Gasteiger charge is 2.18. The minimum atomic E-state index is -0.523.